The fraction of sp³-hybridized carbons (Fsp3) is 0.250. The molecule has 0 saturated carbocycles. The molecule has 0 atom stereocenters. The van der Waals surface area contributed by atoms with Gasteiger partial charge >= 0.3 is 6.18 Å². The van der Waals surface area contributed by atoms with Crippen molar-refractivity contribution in [3.8, 4) is 0 Å². The summed E-state index contributed by atoms with van der Waals surface area (Å²) in [6, 6.07) is 5.00. The largest absolute Gasteiger partial charge is 0.416 e. The van der Waals surface area contributed by atoms with Crippen LogP contribution in [0.15, 0.2) is 24.3 Å². The first-order chi connectivity index (χ1) is 6.04. The van der Waals surface area contributed by atoms with Gasteiger partial charge in [-0.1, -0.05) is 12.1 Å². The van der Waals surface area contributed by atoms with Crippen molar-refractivity contribution in [1.29, 1.82) is 0 Å². The average molecular weight is 255 g/mol. The lowest BCUT2D eigenvalue weighted by Crippen LogP contribution is -2.05. The molecule has 0 heterocycles. The number of hydrogen-bond donors (Lipinski definition) is 0. The lowest BCUT2D eigenvalue weighted by Gasteiger charge is -2.07. The van der Waals surface area contributed by atoms with E-state index in [4.69, 9.17) is 0 Å². The van der Waals surface area contributed by atoms with E-state index in [9.17, 15) is 13.2 Å². The van der Waals surface area contributed by atoms with Gasteiger partial charge in [-0.25, -0.2) is 0 Å². The summed E-state index contributed by atoms with van der Waals surface area (Å²) in [7, 11) is 0. The first-order valence-corrected chi connectivity index (χ1v) is 4.08. The first-order valence-electron chi connectivity index (χ1n) is 3.43. The second kappa shape index (κ2) is 4.11. The molecule has 0 aliphatic carbocycles. The van der Waals surface area contributed by atoms with Crippen LogP contribution in [0.1, 0.15) is 11.1 Å². The Morgan fingerprint density at radius 2 is 2.00 bits per heavy atom. The molecule has 5 heteroatoms. The minimum atomic E-state index is -4.29. The summed E-state index contributed by atoms with van der Waals surface area (Å²) in [6.07, 6.45) is -4.29. The number of halogens is 4. The maximum Gasteiger partial charge on any atom is 0.416 e. The highest BCUT2D eigenvalue weighted by Crippen LogP contribution is 2.29. The van der Waals surface area contributed by atoms with E-state index in [2.05, 4.69) is 20.1 Å². The Morgan fingerprint density at radius 1 is 1.31 bits per heavy atom. The SMILES string of the molecule is FC(F)(F)c1cccc(COBr)c1. The molecule has 13 heavy (non-hydrogen) atoms. The Hall–Kier alpha value is -0.550. The zero-order valence-corrected chi connectivity index (χ0v) is 8.02. The summed E-state index contributed by atoms with van der Waals surface area (Å²) in [5.41, 5.74) is -0.179. The van der Waals surface area contributed by atoms with Gasteiger partial charge in [0.1, 0.15) is 0 Å². The standard InChI is InChI=1S/C8H6BrF3O/c9-13-5-6-2-1-3-7(4-6)8(10,11)12/h1-4H,5H2. The molecule has 0 amide bonds. The van der Waals surface area contributed by atoms with Crippen LogP contribution in [0.25, 0.3) is 0 Å². The van der Waals surface area contributed by atoms with Gasteiger partial charge in [0.15, 0.2) is 0 Å². The molecule has 0 aliphatic heterocycles. The Bertz CT molecular complexity index is 285. The topological polar surface area (TPSA) is 9.23 Å². The van der Waals surface area contributed by atoms with Crippen molar-refractivity contribution in [2.24, 2.45) is 0 Å². The molecule has 1 aromatic carbocycles. The number of benzene rings is 1. The van der Waals surface area contributed by atoms with Crippen molar-refractivity contribution in [3.05, 3.63) is 35.4 Å². The molecule has 72 valence electrons. The van der Waals surface area contributed by atoms with E-state index >= 15 is 0 Å². The second-order valence-electron chi connectivity index (χ2n) is 2.45. The van der Waals surface area contributed by atoms with E-state index < -0.39 is 11.7 Å². The fourth-order valence-electron chi connectivity index (χ4n) is 0.900. The molecule has 0 bridgehead atoms. The molecule has 1 nitrogen and oxygen atoms in total. The number of alkyl halides is 3. The monoisotopic (exact) mass is 254 g/mol. The minimum absolute atomic E-state index is 0.115. The van der Waals surface area contributed by atoms with E-state index in [0.29, 0.717) is 5.56 Å². The molecule has 0 N–H and O–H groups in total. The second-order valence-corrected chi connectivity index (χ2v) is 2.91. The fourth-order valence-corrected chi connectivity index (χ4v) is 1.16. The summed E-state index contributed by atoms with van der Waals surface area (Å²) in [5.74, 6) is 0. The highest BCUT2D eigenvalue weighted by Gasteiger charge is 2.30. The van der Waals surface area contributed by atoms with Gasteiger partial charge < -0.3 is 3.83 Å². The van der Waals surface area contributed by atoms with Crippen LogP contribution in [-0.2, 0) is 16.6 Å². The van der Waals surface area contributed by atoms with Gasteiger partial charge in [0.25, 0.3) is 0 Å². The van der Waals surface area contributed by atoms with Gasteiger partial charge in [0.2, 0.25) is 0 Å². The minimum Gasteiger partial charge on any atom is -0.303 e. The first kappa shape index (κ1) is 10.5. The summed E-state index contributed by atoms with van der Waals surface area (Å²) < 4.78 is 41.0. The van der Waals surface area contributed by atoms with Gasteiger partial charge in [-0.05, 0) is 17.7 Å². The lowest BCUT2D eigenvalue weighted by atomic mass is 10.1. The van der Waals surface area contributed by atoms with Gasteiger partial charge in [0.05, 0.1) is 28.4 Å². The number of rotatable bonds is 2. The predicted molar refractivity (Wildman–Crippen MR) is 45.2 cm³/mol. The molecule has 0 aromatic heterocycles. The number of hydrogen-bond acceptors (Lipinski definition) is 1. The van der Waals surface area contributed by atoms with Crippen molar-refractivity contribution in [2.45, 2.75) is 12.8 Å². The highest BCUT2D eigenvalue weighted by atomic mass is 79.9. The maximum atomic E-state index is 12.2. The van der Waals surface area contributed by atoms with Crippen LogP contribution in [0.3, 0.4) is 0 Å². The highest BCUT2D eigenvalue weighted by molar-refractivity contribution is 9.06. The van der Waals surface area contributed by atoms with Gasteiger partial charge in [0, 0.05) is 0 Å². The molecule has 0 unspecified atom stereocenters. The Balaban J connectivity index is 2.92. The third-order valence-corrected chi connectivity index (χ3v) is 1.70. The quantitative estimate of drug-likeness (QED) is 0.785. The zero-order chi connectivity index (χ0) is 9.90. The summed E-state index contributed by atoms with van der Waals surface area (Å²) in [6.45, 7) is 0.115. The van der Waals surface area contributed by atoms with E-state index in [1.165, 1.54) is 6.07 Å². The maximum absolute atomic E-state index is 12.2. The summed E-state index contributed by atoms with van der Waals surface area (Å²) >= 11 is 2.68. The normalized spacial score (nSPS) is 11.7. The molecular formula is C8H6BrF3O. The van der Waals surface area contributed by atoms with E-state index in [0.717, 1.165) is 12.1 Å². The van der Waals surface area contributed by atoms with Crippen LogP contribution < -0.4 is 0 Å². The Labute approximate surface area is 82.0 Å². The average Bonchev–Trinajstić information content (AvgIpc) is 2.04. The van der Waals surface area contributed by atoms with Crippen LogP contribution in [0.2, 0.25) is 0 Å². The van der Waals surface area contributed by atoms with Crippen LogP contribution in [0.5, 0.6) is 0 Å². The molecule has 1 rings (SSSR count). The molecule has 0 aliphatic rings. The lowest BCUT2D eigenvalue weighted by molar-refractivity contribution is -0.137. The Morgan fingerprint density at radius 3 is 2.54 bits per heavy atom. The zero-order valence-electron chi connectivity index (χ0n) is 6.44. The predicted octanol–water partition coefficient (Wildman–Crippen LogP) is 3.53. The Kier molecular flexibility index (Phi) is 3.33. The van der Waals surface area contributed by atoms with Crippen LogP contribution in [0.4, 0.5) is 13.2 Å². The van der Waals surface area contributed by atoms with Crippen molar-refractivity contribution >= 4 is 16.3 Å². The summed E-state index contributed by atoms with van der Waals surface area (Å²) in [4.78, 5) is 0. The van der Waals surface area contributed by atoms with Gasteiger partial charge in [-0.2, -0.15) is 13.2 Å². The van der Waals surface area contributed by atoms with Gasteiger partial charge in [-0.15, -0.1) is 0 Å². The molecule has 0 saturated heterocycles. The molecule has 1 aromatic rings. The van der Waals surface area contributed by atoms with Crippen LogP contribution in [0, 0.1) is 0 Å². The van der Waals surface area contributed by atoms with Crippen molar-refractivity contribution in [3.63, 3.8) is 0 Å². The van der Waals surface area contributed by atoms with Crippen LogP contribution >= 0.6 is 16.3 Å². The van der Waals surface area contributed by atoms with Crippen molar-refractivity contribution in [2.75, 3.05) is 0 Å². The van der Waals surface area contributed by atoms with Crippen molar-refractivity contribution in [1.82, 2.24) is 0 Å². The molecule has 0 fully saturated rings. The third-order valence-electron chi connectivity index (χ3n) is 1.48. The van der Waals surface area contributed by atoms with Crippen molar-refractivity contribution < 1.29 is 17.0 Å². The summed E-state index contributed by atoms with van der Waals surface area (Å²) in [5, 5.41) is 0. The van der Waals surface area contributed by atoms with E-state index in [1.807, 2.05) is 0 Å². The van der Waals surface area contributed by atoms with Gasteiger partial charge in [-0.3, -0.25) is 0 Å². The van der Waals surface area contributed by atoms with E-state index in [-0.39, 0.29) is 6.61 Å². The smallest absolute Gasteiger partial charge is 0.303 e. The molecular weight excluding hydrogens is 249 g/mol. The van der Waals surface area contributed by atoms with Crippen LogP contribution in [-0.4, -0.2) is 0 Å². The van der Waals surface area contributed by atoms with E-state index in [1.54, 1.807) is 6.07 Å². The third kappa shape index (κ3) is 3.00. The molecule has 0 radical (unpaired) electrons. The molecule has 0 spiro atoms.